The van der Waals surface area contributed by atoms with Crippen LogP contribution in [0.1, 0.15) is 137 Å². The highest BCUT2D eigenvalue weighted by Crippen LogP contribution is 2.22. The van der Waals surface area contributed by atoms with Gasteiger partial charge in [-0.3, -0.25) is 86.9 Å². The number of primary amides is 1. The van der Waals surface area contributed by atoms with E-state index in [0.717, 1.165) is 0 Å². The van der Waals surface area contributed by atoms with E-state index in [1.807, 2.05) is 0 Å². The maximum Gasteiger partial charge on any atom is 0.326 e. The first kappa shape index (κ1) is 111. The number of nitrogens with one attached hydrogen (secondary N) is 17. The molecule has 3 aromatic rings. The summed E-state index contributed by atoms with van der Waals surface area (Å²) in [5.41, 5.74) is 18.2. The lowest BCUT2D eigenvalue weighted by molar-refractivity contribution is -0.142. The van der Waals surface area contributed by atoms with Crippen LogP contribution in [0.4, 0.5) is 0 Å². The number of hydrogen-bond donors (Lipinski definition) is 26. The summed E-state index contributed by atoms with van der Waals surface area (Å²) in [6, 6.07) is -10.6. The number of aromatic nitrogens is 1. The van der Waals surface area contributed by atoms with Crippen molar-refractivity contribution in [3.8, 4) is 5.75 Å². The number of thiol groups is 1. The second-order valence-corrected chi connectivity index (χ2v) is 34.9. The number of carboxylic acid groups (broad SMARTS) is 3. The SMILES string of the molecule is CSCC[C@H](NC(=O)[C@H](CCC(=O)O)NC(=O)[C@H](Cc1c[nH]c2ccccc12)NC(=O)[C@H](CC(C)C)NC(=O)[C@H](CC(=O)O)NC(=O)[C@@H](N)CCCNC(=N)N)C(=O)N[C@@H](CCSC)C(=O)N[C@@H](CCSC)C(=O)N[C@H](C(=O)N[C@@H](CO)C(=O)N[C@@H](CC(C)C)C(=O)N[C@@H](C)C(=O)N[C@@H](CS)C(=O)N[C@@H](CCC(N)=O)C(=O)N[C@@H](Cc1ccc(O)cc1)C(=O)O)C(C)C. The predicted octanol–water partition coefficient (Wildman–Crippen LogP) is -3.32. The molecule has 0 saturated heterocycles. The molecule has 1 aromatic heterocycles. The Hall–Kier alpha value is -11.2. The summed E-state index contributed by atoms with van der Waals surface area (Å²) in [6.45, 7) is 10.2. The molecule has 0 aliphatic carbocycles. The maximum atomic E-state index is 14.9. The van der Waals surface area contributed by atoms with Crippen molar-refractivity contribution in [1.29, 1.82) is 5.41 Å². The van der Waals surface area contributed by atoms with Crippen molar-refractivity contribution in [3.63, 3.8) is 0 Å². The molecule has 43 nitrogen and oxygen atoms in total. The molecule has 0 unspecified atom stereocenters. The smallest absolute Gasteiger partial charge is 0.326 e. The van der Waals surface area contributed by atoms with Gasteiger partial charge in [0.25, 0.3) is 0 Å². The molecular weight excluding hydrogens is 1750 g/mol. The van der Waals surface area contributed by atoms with Crippen LogP contribution in [-0.2, 0) is 99.1 Å². The third kappa shape index (κ3) is 40.4. The lowest BCUT2D eigenvalue weighted by Crippen LogP contribution is -2.62. The second-order valence-electron chi connectivity index (χ2n) is 31.6. The van der Waals surface area contributed by atoms with Gasteiger partial charge >= 0.3 is 17.9 Å². The molecule has 15 atom stereocenters. The van der Waals surface area contributed by atoms with Crippen molar-refractivity contribution in [3.05, 3.63) is 65.9 Å². The van der Waals surface area contributed by atoms with Crippen molar-refractivity contribution < 1.29 is 112 Å². The standard InChI is InChI=1S/C81H126N20O23S4/c1-40(2)32-55(73(116)88-43(7)66(109)100-61(39-125)78(121)90-50(21-23-62(83)104)69(112)98-59(80(123)124)34-44-17-19-46(103)20-18-44)96-77(120)60(38-102)99-79(122)65(42(5)6)101-72(115)54(27-31-128-10)93-71(114)53(26-30-127-9)92-70(113)52(25-29-126-8)91-68(111)51(22-24-63(105)106)89-75(118)57(35-45-37-87-49-16-12-11-14-47(45)49)97-74(117)56(33-41(3)4)95-76(119)58(36-64(107)108)94-67(110)48(82)15-13-28-86-81(84)85/h11-12,14,16-20,37,40-43,48,50-61,65,87,102-103,125H,13,15,21-36,38-39,82H2,1-10H3,(H2,83,104)(H,88,116)(H,89,118)(H,90,121)(H,91,111)(H,92,113)(H,93,114)(H,94,110)(H,95,119)(H,96,120)(H,97,117)(H,98,112)(H,99,122)(H,100,109)(H,101,115)(H,105,106)(H,107,108)(H,123,124)(H4,84,85,86)/t43-,48-,50-,51-,52-,53-,54-,55-,56-,57-,58-,59-,60-,61-,65-/m0/s1. The molecule has 47 heteroatoms. The molecule has 0 spiro atoms. The number of carbonyl (C=O) groups is 18. The lowest BCUT2D eigenvalue weighted by atomic mass is 9.99. The van der Waals surface area contributed by atoms with Crippen molar-refractivity contribution in [1.82, 2.24) is 84.7 Å². The normalized spacial score (nSPS) is 14.8. The molecule has 0 aliphatic rings. The molecule has 0 radical (unpaired) electrons. The first-order valence-corrected chi connectivity index (χ1v) is 46.2. The third-order valence-corrected chi connectivity index (χ3v) is 22.0. The monoisotopic (exact) mass is 1870 g/mol. The van der Waals surface area contributed by atoms with Crippen LogP contribution >= 0.6 is 47.9 Å². The predicted molar refractivity (Wildman–Crippen MR) is 483 cm³/mol. The van der Waals surface area contributed by atoms with Gasteiger partial charge in [-0.05, 0) is 148 Å². The van der Waals surface area contributed by atoms with Gasteiger partial charge in [-0.15, -0.1) is 0 Å². The van der Waals surface area contributed by atoms with E-state index in [0.29, 0.717) is 22.0 Å². The Balaban J connectivity index is 1.88. The summed E-state index contributed by atoms with van der Waals surface area (Å²) in [5.74, 6) is -20.7. The number of carbonyl (C=O) groups excluding carboxylic acids is 15. The van der Waals surface area contributed by atoms with Gasteiger partial charge in [-0.25, -0.2) is 4.79 Å². The number of carboxylic acids is 3. The summed E-state index contributed by atoms with van der Waals surface area (Å²) in [6.07, 6.45) is 2.93. The van der Waals surface area contributed by atoms with Gasteiger partial charge in [0.15, 0.2) is 5.96 Å². The van der Waals surface area contributed by atoms with Gasteiger partial charge in [0, 0.05) is 55.1 Å². The number of aliphatic carboxylic acids is 3. The summed E-state index contributed by atoms with van der Waals surface area (Å²) >= 11 is 8.03. The minimum Gasteiger partial charge on any atom is -0.508 e. The minimum atomic E-state index is -1.79. The van der Waals surface area contributed by atoms with Gasteiger partial charge in [-0.2, -0.15) is 47.9 Å². The van der Waals surface area contributed by atoms with Gasteiger partial charge in [0.1, 0.15) is 90.3 Å². The molecule has 2 aromatic carbocycles. The molecule has 0 aliphatic heterocycles. The number of H-pyrrole nitrogens is 1. The maximum absolute atomic E-state index is 14.9. The van der Waals surface area contributed by atoms with Crippen molar-refractivity contribution >= 4 is 171 Å². The van der Waals surface area contributed by atoms with E-state index in [2.05, 4.69) is 97.4 Å². The average molecular weight is 1880 g/mol. The number of aliphatic hydroxyl groups excluding tert-OH is 1. The molecule has 712 valence electrons. The van der Waals surface area contributed by atoms with Crippen LogP contribution in [-0.4, -0.2) is 289 Å². The fourth-order valence-electron chi connectivity index (χ4n) is 12.7. The number of phenols is 1. The summed E-state index contributed by atoms with van der Waals surface area (Å²) in [5, 5.41) is 95.6. The zero-order chi connectivity index (χ0) is 96.2. The third-order valence-electron chi connectivity index (χ3n) is 19.7. The average Bonchev–Trinajstić information content (AvgIpc) is 1.65. The highest BCUT2D eigenvalue weighted by atomic mass is 32.2. The van der Waals surface area contributed by atoms with E-state index in [1.54, 1.807) is 90.8 Å². The summed E-state index contributed by atoms with van der Waals surface area (Å²) in [4.78, 5) is 250. The zero-order valence-corrected chi connectivity index (χ0v) is 76.6. The number of guanidine groups is 1. The van der Waals surface area contributed by atoms with E-state index in [4.69, 9.17) is 22.6 Å². The first-order valence-electron chi connectivity index (χ1n) is 41.4. The lowest BCUT2D eigenvalue weighted by Gasteiger charge is -2.29. The number of aromatic amines is 1. The zero-order valence-electron chi connectivity index (χ0n) is 73.2. The van der Waals surface area contributed by atoms with Crippen LogP contribution in [0.25, 0.3) is 10.9 Å². The highest BCUT2D eigenvalue weighted by Gasteiger charge is 2.40. The Labute approximate surface area is 759 Å². The molecule has 128 heavy (non-hydrogen) atoms. The van der Waals surface area contributed by atoms with Crippen LogP contribution in [0, 0.1) is 23.2 Å². The number of benzene rings is 2. The van der Waals surface area contributed by atoms with E-state index in [-0.39, 0.29) is 105 Å². The molecule has 1 heterocycles. The number of amides is 15. The largest absolute Gasteiger partial charge is 0.508 e. The number of para-hydroxylation sites is 1. The van der Waals surface area contributed by atoms with Crippen LogP contribution < -0.4 is 97.0 Å². The Morgan fingerprint density at radius 3 is 1.30 bits per heavy atom. The minimum absolute atomic E-state index is 0.0308. The van der Waals surface area contributed by atoms with Crippen LogP contribution in [0.15, 0.2) is 54.7 Å². The van der Waals surface area contributed by atoms with Crippen LogP contribution in [0.3, 0.4) is 0 Å². The Morgan fingerprint density at radius 1 is 0.445 bits per heavy atom. The first-order chi connectivity index (χ1) is 60.4. The van der Waals surface area contributed by atoms with Gasteiger partial charge in [0.2, 0.25) is 88.6 Å². The molecule has 0 saturated carbocycles. The number of aliphatic hydroxyl groups is 1. The molecule has 15 amide bonds. The Bertz CT molecular complexity index is 4280. The number of fused-ring (bicyclic) bond motifs is 1. The number of aromatic hydroxyl groups is 1. The summed E-state index contributed by atoms with van der Waals surface area (Å²) < 4.78 is 0. The molecule has 0 bridgehead atoms. The fourth-order valence-corrected chi connectivity index (χ4v) is 14.4. The molecule has 0 fully saturated rings. The van der Waals surface area contributed by atoms with Crippen molar-refractivity contribution in [2.24, 2.45) is 35.0 Å². The van der Waals surface area contributed by atoms with Crippen LogP contribution in [0.5, 0.6) is 5.75 Å². The molecule has 28 N–H and O–H groups in total. The molecular formula is C81H126N20O23S4. The quantitative estimate of drug-likeness (QED) is 0.0114. The van der Waals surface area contributed by atoms with E-state index in [9.17, 15) is 112 Å². The second kappa shape index (κ2) is 57.6. The number of nitrogens with two attached hydrogens (primary N) is 3. The van der Waals surface area contributed by atoms with E-state index < -0.39 is 248 Å². The number of phenolic OH excluding ortho intramolecular Hbond substituents is 1. The number of thioether (sulfide) groups is 3. The highest BCUT2D eigenvalue weighted by molar-refractivity contribution is 7.99. The Kier molecular flexibility index (Phi) is 50.0. The Morgan fingerprint density at radius 2 is 0.852 bits per heavy atom. The van der Waals surface area contributed by atoms with E-state index in [1.165, 1.54) is 66.5 Å². The van der Waals surface area contributed by atoms with E-state index >= 15 is 0 Å². The number of hydrogen-bond acceptors (Lipinski definition) is 26. The number of rotatable bonds is 61. The van der Waals surface area contributed by atoms with Crippen LogP contribution in [0.2, 0.25) is 0 Å². The van der Waals surface area contributed by atoms with Gasteiger partial charge < -0.3 is 127 Å². The van der Waals surface area contributed by atoms with Gasteiger partial charge in [0.05, 0.1) is 19.1 Å². The van der Waals surface area contributed by atoms with Crippen molar-refractivity contribution in [2.45, 2.75) is 229 Å². The van der Waals surface area contributed by atoms with Crippen molar-refractivity contribution in [2.75, 3.05) is 54.9 Å². The molecule has 3 rings (SSSR count). The summed E-state index contributed by atoms with van der Waals surface area (Å²) in [7, 11) is 0. The fraction of sp³-hybridized carbons (Fsp3) is 0.593. The van der Waals surface area contributed by atoms with Gasteiger partial charge in [-0.1, -0.05) is 71.9 Å². The topological polar surface area (TPSA) is 707 Å².